The van der Waals surface area contributed by atoms with Gasteiger partial charge in [0.15, 0.2) is 11.6 Å². The zero-order valence-electron chi connectivity index (χ0n) is 19.2. The largest absolute Gasteiger partial charge is 0.372 e. The molecule has 1 N–H and O–H groups in total. The van der Waals surface area contributed by atoms with Gasteiger partial charge >= 0.3 is 0 Å². The van der Waals surface area contributed by atoms with Crippen LogP contribution in [0.5, 0.6) is 0 Å². The highest BCUT2D eigenvalue weighted by Crippen LogP contribution is 2.26. The van der Waals surface area contributed by atoms with Gasteiger partial charge in [0.25, 0.3) is 0 Å². The maximum Gasteiger partial charge on any atom is 0.241 e. The standard InChI is InChI=1S/C23H26Cl2N6O3S/c1-2-21(27-35(33,34)17-10-8-16(9-11-17)30-12-3-4-13-30)22(32)15-31-23(26-28-29-31)14-18-19(24)6-5-7-20(18)25/h5-11,21,27H,2-4,12-15H2,1H3. The molecule has 2 aromatic carbocycles. The molecule has 1 aliphatic heterocycles. The summed E-state index contributed by atoms with van der Waals surface area (Å²) < 4.78 is 29.8. The van der Waals surface area contributed by atoms with Crippen molar-refractivity contribution < 1.29 is 13.2 Å². The molecular formula is C23H26Cl2N6O3S. The van der Waals surface area contributed by atoms with Crippen LogP contribution in [0.4, 0.5) is 5.69 Å². The molecular weight excluding hydrogens is 511 g/mol. The molecule has 12 heteroatoms. The van der Waals surface area contributed by atoms with E-state index in [1.54, 1.807) is 49.4 Å². The minimum Gasteiger partial charge on any atom is -0.372 e. The van der Waals surface area contributed by atoms with Crippen molar-refractivity contribution in [1.82, 2.24) is 24.9 Å². The number of hydrogen-bond donors (Lipinski definition) is 1. The van der Waals surface area contributed by atoms with Crippen LogP contribution in [0.3, 0.4) is 0 Å². The molecule has 0 aliphatic carbocycles. The van der Waals surface area contributed by atoms with E-state index in [2.05, 4.69) is 25.1 Å². The third-order valence-corrected chi connectivity index (χ3v) is 8.22. The average Bonchev–Trinajstić information content (AvgIpc) is 3.53. The zero-order chi connectivity index (χ0) is 25.0. The first kappa shape index (κ1) is 25.6. The molecule has 3 aromatic rings. The maximum absolute atomic E-state index is 13.0. The molecule has 2 heterocycles. The van der Waals surface area contributed by atoms with E-state index < -0.39 is 16.1 Å². The first-order valence-electron chi connectivity index (χ1n) is 11.4. The number of nitrogens with one attached hydrogen (secondary N) is 1. The lowest BCUT2D eigenvalue weighted by atomic mass is 10.1. The number of Topliss-reactive ketones (excluding diaryl/α,β-unsaturated/α-hetero) is 1. The van der Waals surface area contributed by atoms with Crippen LogP contribution in [-0.4, -0.2) is 53.5 Å². The Balaban J connectivity index is 1.44. The summed E-state index contributed by atoms with van der Waals surface area (Å²) in [7, 11) is -3.89. The van der Waals surface area contributed by atoms with Crippen molar-refractivity contribution in [2.24, 2.45) is 0 Å². The van der Waals surface area contributed by atoms with E-state index in [9.17, 15) is 13.2 Å². The van der Waals surface area contributed by atoms with Crippen LogP contribution >= 0.6 is 23.2 Å². The van der Waals surface area contributed by atoms with Gasteiger partial charge in [-0.2, -0.15) is 0 Å². The second-order valence-corrected chi connectivity index (χ2v) is 10.9. The summed E-state index contributed by atoms with van der Waals surface area (Å²) in [6.45, 7) is 3.49. The van der Waals surface area contributed by atoms with E-state index in [1.807, 2.05) is 0 Å². The van der Waals surface area contributed by atoms with Crippen molar-refractivity contribution >= 4 is 44.7 Å². The number of anilines is 1. The van der Waals surface area contributed by atoms with Gasteiger partial charge in [0.1, 0.15) is 6.54 Å². The third kappa shape index (κ3) is 6.00. The number of carbonyl (C=O) groups is 1. The van der Waals surface area contributed by atoms with Crippen LogP contribution in [0.25, 0.3) is 0 Å². The number of halogens is 2. The molecule has 1 aromatic heterocycles. The van der Waals surface area contributed by atoms with Crippen LogP contribution in [0.2, 0.25) is 10.0 Å². The number of benzene rings is 2. The Kier molecular flexibility index (Phi) is 8.05. The Morgan fingerprint density at radius 3 is 2.37 bits per heavy atom. The summed E-state index contributed by atoms with van der Waals surface area (Å²) in [4.78, 5) is 15.4. The number of nitrogens with zero attached hydrogens (tertiary/aromatic N) is 5. The van der Waals surface area contributed by atoms with Gasteiger partial charge in [-0.25, -0.2) is 17.8 Å². The SMILES string of the molecule is CCC(NS(=O)(=O)c1ccc(N2CCCC2)cc1)C(=O)Cn1nnnc1Cc1c(Cl)cccc1Cl. The fourth-order valence-corrected chi connectivity index (χ4v) is 5.87. The number of sulfonamides is 1. The van der Waals surface area contributed by atoms with E-state index in [0.29, 0.717) is 21.4 Å². The van der Waals surface area contributed by atoms with Crippen molar-refractivity contribution in [3.63, 3.8) is 0 Å². The molecule has 0 bridgehead atoms. The molecule has 9 nitrogen and oxygen atoms in total. The fourth-order valence-electron chi connectivity index (χ4n) is 4.03. The fraction of sp³-hybridized carbons (Fsp3) is 0.391. The normalized spacial score (nSPS) is 14.9. The number of tetrazole rings is 1. The third-order valence-electron chi connectivity index (χ3n) is 6.02. The number of hydrogen-bond acceptors (Lipinski definition) is 7. The second-order valence-electron chi connectivity index (χ2n) is 8.37. The Bertz CT molecular complexity index is 1270. The minimum atomic E-state index is -3.89. The number of carbonyl (C=O) groups excluding carboxylic acids is 1. The lowest BCUT2D eigenvalue weighted by Gasteiger charge is -2.19. The van der Waals surface area contributed by atoms with E-state index in [-0.39, 0.29) is 30.1 Å². The van der Waals surface area contributed by atoms with Crippen molar-refractivity contribution in [3.05, 3.63) is 63.9 Å². The van der Waals surface area contributed by atoms with Gasteiger partial charge < -0.3 is 4.90 Å². The van der Waals surface area contributed by atoms with E-state index in [4.69, 9.17) is 23.2 Å². The second kappa shape index (κ2) is 11.0. The predicted octanol–water partition coefficient (Wildman–Crippen LogP) is 3.50. The van der Waals surface area contributed by atoms with E-state index in [1.165, 1.54) is 4.68 Å². The van der Waals surface area contributed by atoms with Gasteiger partial charge in [-0.1, -0.05) is 36.2 Å². The Labute approximate surface area is 214 Å². The summed E-state index contributed by atoms with van der Waals surface area (Å²) >= 11 is 12.5. The van der Waals surface area contributed by atoms with Gasteiger partial charge in [0.2, 0.25) is 10.0 Å². The average molecular weight is 537 g/mol. The smallest absolute Gasteiger partial charge is 0.241 e. The molecule has 35 heavy (non-hydrogen) atoms. The highest BCUT2D eigenvalue weighted by atomic mass is 35.5. The van der Waals surface area contributed by atoms with Gasteiger partial charge in [-0.15, -0.1) is 5.10 Å². The Morgan fingerprint density at radius 1 is 1.09 bits per heavy atom. The number of ketones is 1. The molecule has 1 unspecified atom stereocenters. The summed E-state index contributed by atoms with van der Waals surface area (Å²) in [6.07, 6.45) is 2.77. The van der Waals surface area contributed by atoms with Gasteiger partial charge in [-0.05, 0) is 71.7 Å². The Hall–Kier alpha value is -2.53. The summed E-state index contributed by atoms with van der Waals surface area (Å²) in [6, 6.07) is 11.0. The van der Waals surface area contributed by atoms with Crippen molar-refractivity contribution in [1.29, 1.82) is 0 Å². The van der Waals surface area contributed by atoms with Gasteiger partial charge in [-0.3, -0.25) is 4.79 Å². The van der Waals surface area contributed by atoms with Crippen LogP contribution in [0, 0.1) is 0 Å². The lowest BCUT2D eigenvalue weighted by Crippen LogP contribution is -2.42. The van der Waals surface area contributed by atoms with E-state index in [0.717, 1.165) is 31.6 Å². The van der Waals surface area contributed by atoms with E-state index >= 15 is 0 Å². The van der Waals surface area contributed by atoms with Crippen molar-refractivity contribution in [2.45, 2.75) is 50.1 Å². The van der Waals surface area contributed by atoms with Gasteiger partial charge in [0, 0.05) is 35.2 Å². The zero-order valence-corrected chi connectivity index (χ0v) is 21.5. The van der Waals surface area contributed by atoms with Crippen LogP contribution < -0.4 is 9.62 Å². The highest BCUT2D eigenvalue weighted by Gasteiger charge is 2.26. The molecule has 4 rings (SSSR count). The summed E-state index contributed by atoms with van der Waals surface area (Å²) in [5.41, 5.74) is 1.64. The topological polar surface area (TPSA) is 110 Å². The molecule has 1 saturated heterocycles. The Morgan fingerprint density at radius 2 is 1.74 bits per heavy atom. The molecule has 1 atom stereocenters. The molecule has 0 radical (unpaired) electrons. The van der Waals surface area contributed by atoms with Gasteiger partial charge in [0.05, 0.1) is 10.9 Å². The molecule has 0 spiro atoms. The van der Waals surface area contributed by atoms with Crippen LogP contribution in [0.1, 0.15) is 37.6 Å². The lowest BCUT2D eigenvalue weighted by molar-refractivity contribution is -0.121. The number of aromatic nitrogens is 4. The molecule has 0 amide bonds. The van der Waals surface area contributed by atoms with Crippen LogP contribution in [0.15, 0.2) is 47.4 Å². The highest BCUT2D eigenvalue weighted by molar-refractivity contribution is 7.89. The summed E-state index contributed by atoms with van der Waals surface area (Å²) in [5, 5.41) is 12.5. The first-order valence-corrected chi connectivity index (χ1v) is 13.6. The molecule has 186 valence electrons. The van der Waals surface area contributed by atoms with Crippen molar-refractivity contribution in [2.75, 3.05) is 18.0 Å². The quantitative estimate of drug-likeness (QED) is 0.422. The molecule has 1 aliphatic rings. The maximum atomic E-state index is 13.0. The summed E-state index contributed by atoms with van der Waals surface area (Å²) in [5.74, 6) is 0.0344. The first-order chi connectivity index (χ1) is 16.8. The number of rotatable bonds is 10. The predicted molar refractivity (Wildman–Crippen MR) is 134 cm³/mol. The monoisotopic (exact) mass is 536 g/mol. The molecule has 0 saturated carbocycles. The van der Waals surface area contributed by atoms with Crippen LogP contribution in [-0.2, 0) is 27.8 Å². The van der Waals surface area contributed by atoms with Crippen molar-refractivity contribution in [3.8, 4) is 0 Å². The minimum absolute atomic E-state index is 0.114. The molecule has 1 fully saturated rings.